The fraction of sp³-hybridized carbons (Fsp3) is 0.462. The summed E-state index contributed by atoms with van der Waals surface area (Å²) in [6, 6.07) is 12.3. The van der Waals surface area contributed by atoms with Gasteiger partial charge in [-0.15, -0.1) is 0 Å². The van der Waals surface area contributed by atoms with Crippen molar-refractivity contribution in [3.8, 4) is 11.5 Å². The van der Waals surface area contributed by atoms with Crippen LogP contribution in [-0.2, 0) is 14.3 Å². The highest BCUT2D eigenvalue weighted by Crippen LogP contribution is 2.36. The Morgan fingerprint density at radius 1 is 1.00 bits per heavy atom. The number of hydrogen-bond acceptors (Lipinski definition) is 7. The second-order valence-corrected chi connectivity index (χ2v) is 9.16. The molecule has 5 rings (SSSR count). The van der Waals surface area contributed by atoms with Crippen LogP contribution in [0.1, 0.15) is 24.4 Å². The summed E-state index contributed by atoms with van der Waals surface area (Å²) in [5, 5.41) is 5.46. The van der Waals surface area contributed by atoms with Crippen LogP contribution in [-0.4, -0.2) is 75.5 Å². The van der Waals surface area contributed by atoms with Crippen LogP contribution in [0.2, 0.25) is 0 Å². The van der Waals surface area contributed by atoms with Gasteiger partial charge in [0.05, 0.1) is 17.8 Å². The topological polar surface area (TPSA) is 92.4 Å². The van der Waals surface area contributed by atoms with E-state index in [2.05, 4.69) is 15.5 Å². The molecular formula is C26H31FN4O5. The van der Waals surface area contributed by atoms with Gasteiger partial charge in [0.1, 0.15) is 5.82 Å². The summed E-state index contributed by atoms with van der Waals surface area (Å²) in [7, 11) is 0. The van der Waals surface area contributed by atoms with Crippen molar-refractivity contribution < 1.29 is 28.2 Å². The van der Waals surface area contributed by atoms with Gasteiger partial charge in [-0.3, -0.25) is 14.5 Å². The first kappa shape index (κ1) is 24.3. The summed E-state index contributed by atoms with van der Waals surface area (Å²) >= 11 is 0. The van der Waals surface area contributed by atoms with E-state index < -0.39 is 11.8 Å². The van der Waals surface area contributed by atoms with Gasteiger partial charge in [-0.05, 0) is 42.7 Å². The summed E-state index contributed by atoms with van der Waals surface area (Å²) in [4.78, 5) is 29.2. The molecule has 192 valence electrons. The molecular weight excluding hydrogens is 467 g/mol. The Balaban J connectivity index is 1.24. The van der Waals surface area contributed by atoms with Crippen molar-refractivity contribution in [2.24, 2.45) is 0 Å². The van der Waals surface area contributed by atoms with Gasteiger partial charge in [-0.25, -0.2) is 4.39 Å². The summed E-state index contributed by atoms with van der Waals surface area (Å²) < 4.78 is 30.8. The lowest BCUT2D eigenvalue weighted by atomic mass is 10.0. The molecule has 0 aliphatic carbocycles. The van der Waals surface area contributed by atoms with Crippen molar-refractivity contribution >= 4 is 17.5 Å². The number of carbonyl (C=O) groups is 2. The van der Waals surface area contributed by atoms with Gasteiger partial charge in [-0.2, -0.15) is 0 Å². The van der Waals surface area contributed by atoms with Crippen molar-refractivity contribution in [1.82, 2.24) is 15.5 Å². The van der Waals surface area contributed by atoms with Crippen LogP contribution in [0.4, 0.5) is 10.1 Å². The SMILES string of the molecule is O=C(NCC1CCCO1)C(=O)NCC(c1ccc2c(c1)OCO2)N1CCN(c2ccccc2F)CC1. The third-order valence-corrected chi connectivity index (χ3v) is 6.91. The zero-order chi connectivity index (χ0) is 24.9. The second kappa shape index (κ2) is 11.1. The molecule has 2 atom stereocenters. The third kappa shape index (κ3) is 5.55. The molecule has 3 aliphatic rings. The van der Waals surface area contributed by atoms with Crippen LogP contribution >= 0.6 is 0 Å². The van der Waals surface area contributed by atoms with E-state index in [1.165, 1.54) is 6.07 Å². The van der Waals surface area contributed by atoms with E-state index in [4.69, 9.17) is 14.2 Å². The molecule has 0 bridgehead atoms. The zero-order valence-corrected chi connectivity index (χ0v) is 20.1. The zero-order valence-electron chi connectivity index (χ0n) is 20.1. The van der Waals surface area contributed by atoms with E-state index in [-0.39, 0.29) is 31.3 Å². The first-order chi connectivity index (χ1) is 17.6. The van der Waals surface area contributed by atoms with Crippen molar-refractivity contribution in [2.45, 2.75) is 25.0 Å². The Kier molecular flexibility index (Phi) is 7.52. The molecule has 10 heteroatoms. The highest BCUT2D eigenvalue weighted by atomic mass is 19.1. The minimum atomic E-state index is -0.677. The number of ether oxygens (including phenoxy) is 3. The number of nitrogens with zero attached hydrogens (tertiary/aromatic N) is 2. The highest BCUT2D eigenvalue weighted by molar-refractivity contribution is 6.35. The second-order valence-electron chi connectivity index (χ2n) is 9.16. The predicted octanol–water partition coefficient (Wildman–Crippen LogP) is 1.83. The lowest BCUT2D eigenvalue weighted by molar-refractivity contribution is -0.139. The Hall–Kier alpha value is -3.37. The molecule has 0 saturated carbocycles. The summed E-state index contributed by atoms with van der Waals surface area (Å²) in [5.41, 5.74) is 1.53. The van der Waals surface area contributed by atoms with Gasteiger partial charge in [-0.1, -0.05) is 18.2 Å². The van der Waals surface area contributed by atoms with Crippen molar-refractivity contribution in [3.05, 3.63) is 53.8 Å². The van der Waals surface area contributed by atoms with E-state index >= 15 is 0 Å². The molecule has 2 amide bonds. The molecule has 36 heavy (non-hydrogen) atoms. The summed E-state index contributed by atoms with van der Waals surface area (Å²) in [6.45, 7) is 4.03. The number of anilines is 1. The van der Waals surface area contributed by atoms with Crippen molar-refractivity contribution in [2.75, 3.05) is 57.6 Å². The number of piperazine rings is 1. The quantitative estimate of drug-likeness (QED) is 0.563. The number of benzene rings is 2. The van der Waals surface area contributed by atoms with Crippen LogP contribution in [0.15, 0.2) is 42.5 Å². The van der Waals surface area contributed by atoms with Crippen LogP contribution in [0.25, 0.3) is 0 Å². The van der Waals surface area contributed by atoms with Crippen molar-refractivity contribution in [3.63, 3.8) is 0 Å². The van der Waals surface area contributed by atoms with Crippen LogP contribution in [0, 0.1) is 5.82 Å². The fourth-order valence-corrected chi connectivity index (χ4v) is 4.92. The molecule has 2 aromatic carbocycles. The molecule has 3 aliphatic heterocycles. The highest BCUT2D eigenvalue weighted by Gasteiger charge is 2.29. The average molecular weight is 499 g/mol. The smallest absolute Gasteiger partial charge is 0.309 e. The number of amides is 2. The minimum Gasteiger partial charge on any atom is -0.454 e. The Bertz CT molecular complexity index is 1090. The number of fused-ring (bicyclic) bond motifs is 1. The van der Waals surface area contributed by atoms with Gasteiger partial charge in [0.25, 0.3) is 0 Å². The Morgan fingerprint density at radius 3 is 2.56 bits per heavy atom. The van der Waals surface area contributed by atoms with E-state index in [1.54, 1.807) is 12.1 Å². The standard InChI is InChI=1S/C26H31FN4O5/c27-20-5-1-2-6-21(20)30-9-11-31(12-10-30)22(18-7-8-23-24(14-18)36-17-35-23)16-29-26(33)25(32)28-15-19-4-3-13-34-19/h1-2,5-8,14,19,22H,3-4,9-13,15-17H2,(H,28,32)(H,29,33). The summed E-state index contributed by atoms with van der Waals surface area (Å²) in [5.74, 6) is -0.245. The molecule has 2 fully saturated rings. The molecule has 0 spiro atoms. The van der Waals surface area contributed by atoms with Gasteiger partial charge >= 0.3 is 11.8 Å². The number of nitrogens with one attached hydrogen (secondary N) is 2. The summed E-state index contributed by atoms with van der Waals surface area (Å²) in [6.07, 6.45) is 1.81. The molecule has 3 heterocycles. The van der Waals surface area contributed by atoms with Gasteiger partial charge in [0.15, 0.2) is 11.5 Å². The number of para-hydroxylation sites is 1. The van der Waals surface area contributed by atoms with Crippen LogP contribution < -0.4 is 25.0 Å². The van der Waals surface area contributed by atoms with Crippen molar-refractivity contribution in [1.29, 1.82) is 0 Å². The molecule has 2 unspecified atom stereocenters. The lowest BCUT2D eigenvalue weighted by Crippen LogP contribution is -2.51. The molecule has 0 radical (unpaired) electrons. The van der Waals surface area contributed by atoms with Gasteiger partial charge < -0.3 is 29.7 Å². The van der Waals surface area contributed by atoms with Gasteiger partial charge in [0, 0.05) is 45.9 Å². The maximum atomic E-state index is 14.3. The van der Waals surface area contributed by atoms with E-state index in [9.17, 15) is 14.0 Å². The maximum absolute atomic E-state index is 14.3. The molecule has 2 aromatic rings. The average Bonchev–Trinajstić information content (AvgIpc) is 3.60. The largest absolute Gasteiger partial charge is 0.454 e. The fourth-order valence-electron chi connectivity index (χ4n) is 4.92. The van der Waals surface area contributed by atoms with E-state index in [0.717, 1.165) is 18.4 Å². The Labute approximate surface area is 209 Å². The Morgan fingerprint density at radius 2 is 1.78 bits per heavy atom. The first-order valence-corrected chi connectivity index (χ1v) is 12.4. The van der Waals surface area contributed by atoms with Crippen LogP contribution in [0.3, 0.4) is 0 Å². The molecule has 2 N–H and O–H groups in total. The normalized spacial score (nSPS) is 20.2. The first-order valence-electron chi connectivity index (χ1n) is 12.4. The minimum absolute atomic E-state index is 0.0334. The number of rotatable bonds is 7. The number of halogens is 1. The van der Waals surface area contributed by atoms with E-state index in [0.29, 0.717) is 56.5 Å². The predicted molar refractivity (Wildman–Crippen MR) is 130 cm³/mol. The molecule has 2 saturated heterocycles. The number of carbonyl (C=O) groups excluding carboxylic acids is 2. The van der Waals surface area contributed by atoms with E-state index in [1.807, 2.05) is 29.2 Å². The monoisotopic (exact) mass is 498 g/mol. The molecule has 0 aromatic heterocycles. The van der Waals surface area contributed by atoms with Gasteiger partial charge in [0.2, 0.25) is 6.79 Å². The number of hydrogen-bond donors (Lipinski definition) is 2. The van der Waals surface area contributed by atoms with Crippen LogP contribution in [0.5, 0.6) is 11.5 Å². The molecule has 9 nitrogen and oxygen atoms in total. The third-order valence-electron chi connectivity index (χ3n) is 6.91. The lowest BCUT2D eigenvalue weighted by Gasteiger charge is -2.40. The maximum Gasteiger partial charge on any atom is 0.309 e.